The number of benzene rings is 2. The Labute approximate surface area is 220 Å². The molecular weight excluding hydrogens is 515 g/mol. The lowest BCUT2D eigenvalue weighted by atomic mass is 10.1. The Morgan fingerprint density at radius 2 is 1.76 bits per heavy atom. The van der Waals surface area contributed by atoms with Gasteiger partial charge in [-0.25, -0.2) is 9.37 Å². The van der Waals surface area contributed by atoms with Crippen LogP contribution in [-0.2, 0) is 16.7 Å². The second-order valence-corrected chi connectivity index (χ2v) is 10.5. The van der Waals surface area contributed by atoms with E-state index in [0.717, 1.165) is 6.26 Å². The van der Waals surface area contributed by atoms with Gasteiger partial charge in [-0.2, -0.15) is 13.4 Å². The number of nitrogens with zero attached hydrogens (tertiary/aromatic N) is 2. The van der Waals surface area contributed by atoms with Gasteiger partial charge in [-0.15, -0.1) is 0 Å². The van der Waals surface area contributed by atoms with Gasteiger partial charge in [-0.1, -0.05) is 26.0 Å². The van der Waals surface area contributed by atoms with E-state index < -0.39 is 27.7 Å². The summed E-state index contributed by atoms with van der Waals surface area (Å²) >= 11 is 0. The molecule has 5 N–H and O–H groups in total. The lowest BCUT2D eigenvalue weighted by molar-refractivity contribution is 0.0948. The first-order valence-corrected chi connectivity index (χ1v) is 13.4. The fourth-order valence-electron chi connectivity index (χ4n) is 3.14. The van der Waals surface area contributed by atoms with Gasteiger partial charge in [0.1, 0.15) is 11.6 Å². The van der Waals surface area contributed by atoms with Gasteiger partial charge in [0, 0.05) is 30.5 Å². The van der Waals surface area contributed by atoms with Gasteiger partial charge in [-0.05, 0) is 42.7 Å². The minimum absolute atomic E-state index is 0.0293. The van der Waals surface area contributed by atoms with Gasteiger partial charge >= 0.3 is 10.1 Å². The van der Waals surface area contributed by atoms with Crippen molar-refractivity contribution in [2.45, 2.75) is 33.4 Å². The molecule has 202 valence electrons. The summed E-state index contributed by atoms with van der Waals surface area (Å²) < 4.78 is 41.9. The molecule has 0 fully saturated rings. The summed E-state index contributed by atoms with van der Waals surface area (Å²) in [5, 5.41) is 8.70. The van der Waals surface area contributed by atoms with Crippen molar-refractivity contribution in [1.29, 1.82) is 0 Å². The Balaban J connectivity index is 1.87. The van der Waals surface area contributed by atoms with Crippen molar-refractivity contribution in [1.82, 2.24) is 15.3 Å². The summed E-state index contributed by atoms with van der Waals surface area (Å²) in [6.07, 6.45) is 2.13. The number of aromatic nitrogens is 2. The monoisotopic (exact) mass is 544 g/mol. The number of rotatable bonds is 11. The first-order chi connectivity index (χ1) is 17.8. The summed E-state index contributed by atoms with van der Waals surface area (Å²) in [5.74, 6) is -1.37. The molecule has 0 bridgehead atoms. The lowest BCUT2D eigenvalue weighted by Crippen LogP contribution is -2.25. The molecule has 2 aromatic carbocycles. The third-order valence-electron chi connectivity index (χ3n) is 5.51. The van der Waals surface area contributed by atoms with Crippen molar-refractivity contribution in [3.8, 4) is 5.75 Å². The highest BCUT2D eigenvalue weighted by atomic mass is 32.2. The van der Waals surface area contributed by atoms with Crippen LogP contribution in [0.2, 0.25) is 0 Å². The van der Waals surface area contributed by atoms with Crippen LogP contribution in [0.3, 0.4) is 0 Å². The smallest absolute Gasteiger partial charge is 0.306 e. The van der Waals surface area contributed by atoms with Crippen LogP contribution in [0.15, 0.2) is 48.7 Å². The zero-order valence-electron chi connectivity index (χ0n) is 21.3. The van der Waals surface area contributed by atoms with Crippen molar-refractivity contribution in [3.05, 3.63) is 71.2 Å². The fraction of sp³-hybridized carbons (Fsp3) is 0.280. The van der Waals surface area contributed by atoms with Crippen LogP contribution in [0.5, 0.6) is 5.75 Å². The SMILES string of the molecule is CC(C)C(C)Nc1nc(Nc2ccc(C(=O)NCc3ccc(F)cc3)c(OS(C)(=O)=O)c2)ncc1C(N)=O. The Hall–Kier alpha value is -4.26. The minimum Gasteiger partial charge on any atom is -0.382 e. The molecule has 38 heavy (non-hydrogen) atoms. The van der Waals surface area contributed by atoms with Gasteiger partial charge in [0.05, 0.1) is 17.4 Å². The first kappa shape index (κ1) is 28.3. The average Bonchev–Trinajstić information content (AvgIpc) is 2.82. The molecule has 3 aromatic rings. The van der Waals surface area contributed by atoms with Crippen molar-refractivity contribution in [3.63, 3.8) is 0 Å². The first-order valence-electron chi connectivity index (χ1n) is 11.6. The zero-order chi connectivity index (χ0) is 28.0. The molecule has 0 aliphatic rings. The molecule has 0 aliphatic heterocycles. The van der Waals surface area contributed by atoms with Gasteiger partial charge in [-0.3, -0.25) is 9.59 Å². The molecule has 1 heterocycles. The molecule has 0 saturated heterocycles. The number of amides is 2. The molecule has 1 aromatic heterocycles. The maximum atomic E-state index is 13.1. The standard InChI is InChI=1S/C25H29FN6O5S/c1-14(2)15(3)30-23-20(22(27)33)13-29-25(32-23)31-18-9-10-19(21(11-18)37-38(4,35)36)24(34)28-12-16-5-7-17(26)8-6-16/h5-11,13-15H,12H2,1-4H3,(H2,27,33)(H,28,34)(H2,29,30,31,32). The van der Waals surface area contributed by atoms with E-state index in [4.69, 9.17) is 9.92 Å². The normalized spacial score (nSPS) is 12.1. The number of primary amides is 1. The van der Waals surface area contributed by atoms with E-state index in [2.05, 4.69) is 25.9 Å². The van der Waals surface area contributed by atoms with E-state index >= 15 is 0 Å². The van der Waals surface area contributed by atoms with E-state index in [1.54, 1.807) is 0 Å². The number of nitrogens with two attached hydrogens (primary N) is 1. The number of halogens is 1. The molecule has 0 spiro atoms. The number of hydrogen-bond donors (Lipinski definition) is 4. The number of nitrogens with one attached hydrogen (secondary N) is 3. The summed E-state index contributed by atoms with van der Waals surface area (Å²) in [6, 6.07) is 9.74. The molecule has 0 aliphatic carbocycles. The molecule has 1 unspecified atom stereocenters. The zero-order valence-corrected chi connectivity index (χ0v) is 22.1. The van der Waals surface area contributed by atoms with Crippen LogP contribution in [0.4, 0.5) is 21.8 Å². The Morgan fingerprint density at radius 1 is 1.08 bits per heavy atom. The summed E-state index contributed by atoms with van der Waals surface area (Å²) in [4.78, 5) is 33.1. The Kier molecular flexibility index (Phi) is 8.84. The molecule has 3 rings (SSSR count). The molecule has 11 nitrogen and oxygen atoms in total. The Bertz CT molecular complexity index is 1430. The van der Waals surface area contributed by atoms with Crippen molar-refractivity contribution >= 4 is 39.4 Å². The third-order valence-corrected chi connectivity index (χ3v) is 5.99. The van der Waals surface area contributed by atoms with Crippen LogP contribution in [-0.4, -0.2) is 42.5 Å². The van der Waals surface area contributed by atoms with E-state index in [0.29, 0.717) is 11.3 Å². The third kappa shape index (κ3) is 7.87. The van der Waals surface area contributed by atoms with Gasteiger partial charge in [0.15, 0.2) is 5.75 Å². The predicted molar refractivity (Wildman–Crippen MR) is 141 cm³/mol. The molecule has 0 saturated carbocycles. The molecule has 1 atom stereocenters. The number of hydrogen-bond acceptors (Lipinski definition) is 9. The number of carbonyl (C=O) groups excluding carboxylic acids is 2. The topological polar surface area (TPSA) is 165 Å². The van der Waals surface area contributed by atoms with Crippen LogP contribution in [0.25, 0.3) is 0 Å². The highest BCUT2D eigenvalue weighted by Crippen LogP contribution is 2.27. The van der Waals surface area contributed by atoms with Crippen molar-refractivity contribution in [2.24, 2.45) is 11.7 Å². The van der Waals surface area contributed by atoms with E-state index in [1.165, 1.54) is 48.7 Å². The van der Waals surface area contributed by atoms with Crippen molar-refractivity contribution < 1.29 is 26.6 Å². The maximum Gasteiger partial charge on any atom is 0.306 e. The second-order valence-electron chi connectivity index (χ2n) is 8.93. The number of anilines is 3. The van der Waals surface area contributed by atoms with Crippen LogP contribution in [0.1, 0.15) is 47.1 Å². The summed E-state index contributed by atoms with van der Waals surface area (Å²) in [5.41, 5.74) is 6.48. The highest BCUT2D eigenvalue weighted by Gasteiger charge is 2.19. The lowest BCUT2D eigenvalue weighted by Gasteiger charge is -2.20. The fourth-order valence-corrected chi connectivity index (χ4v) is 3.61. The quantitative estimate of drug-likeness (QED) is 0.265. The molecule has 0 radical (unpaired) electrons. The van der Waals surface area contributed by atoms with Gasteiger partial charge < -0.3 is 25.9 Å². The van der Waals surface area contributed by atoms with E-state index in [-0.39, 0.29) is 47.1 Å². The number of carbonyl (C=O) groups is 2. The minimum atomic E-state index is -3.98. The van der Waals surface area contributed by atoms with Gasteiger partial charge in [0.25, 0.3) is 11.8 Å². The van der Waals surface area contributed by atoms with Crippen LogP contribution >= 0.6 is 0 Å². The summed E-state index contributed by atoms with van der Waals surface area (Å²) in [7, 11) is -3.98. The van der Waals surface area contributed by atoms with Crippen LogP contribution < -0.4 is 25.9 Å². The van der Waals surface area contributed by atoms with Crippen molar-refractivity contribution in [2.75, 3.05) is 16.9 Å². The molecular formula is C25H29FN6O5S. The van der Waals surface area contributed by atoms with Gasteiger partial charge in [0.2, 0.25) is 5.95 Å². The summed E-state index contributed by atoms with van der Waals surface area (Å²) in [6.45, 7) is 6.02. The molecule has 2 amide bonds. The van der Waals surface area contributed by atoms with E-state index in [9.17, 15) is 22.4 Å². The highest BCUT2D eigenvalue weighted by molar-refractivity contribution is 7.86. The average molecular weight is 545 g/mol. The predicted octanol–water partition coefficient (Wildman–Crippen LogP) is 3.18. The van der Waals surface area contributed by atoms with E-state index in [1.807, 2.05) is 20.8 Å². The maximum absolute atomic E-state index is 13.1. The molecule has 13 heteroatoms. The van der Waals surface area contributed by atoms with Crippen LogP contribution in [0, 0.1) is 11.7 Å². The Morgan fingerprint density at radius 3 is 2.37 bits per heavy atom. The second kappa shape index (κ2) is 11.9. The largest absolute Gasteiger partial charge is 0.382 e.